The molecule has 0 saturated heterocycles. The second kappa shape index (κ2) is 10.3. The molecule has 7 heteroatoms. The summed E-state index contributed by atoms with van der Waals surface area (Å²) in [7, 11) is 1.48. The molecule has 0 radical (unpaired) electrons. The van der Waals surface area contributed by atoms with Gasteiger partial charge >= 0.3 is 5.97 Å². The monoisotopic (exact) mass is 441 g/mol. The highest BCUT2D eigenvalue weighted by molar-refractivity contribution is 6.00. The first-order valence-electron chi connectivity index (χ1n) is 10.4. The predicted octanol–water partition coefficient (Wildman–Crippen LogP) is 5.02. The summed E-state index contributed by atoms with van der Waals surface area (Å²) in [6.07, 6.45) is 5.54. The first kappa shape index (κ1) is 21.8. The molecule has 166 valence electrons. The highest BCUT2D eigenvalue weighted by Crippen LogP contribution is 2.23. The van der Waals surface area contributed by atoms with Crippen LogP contribution in [0.4, 0.5) is 0 Å². The molecule has 0 fully saturated rings. The fourth-order valence-electron chi connectivity index (χ4n) is 3.50. The van der Waals surface area contributed by atoms with Gasteiger partial charge in [0, 0.05) is 36.3 Å². The third-order valence-corrected chi connectivity index (χ3v) is 4.97. The number of hydrogen-bond acceptors (Lipinski definition) is 5. The third-order valence-electron chi connectivity index (χ3n) is 4.97. The predicted molar refractivity (Wildman–Crippen MR) is 125 cm³/mol. The van der Waals surface area contributed by atoms with Crippen molar-refractivity contribution in [3.05, 3.63) is 114 Å². The molecule has 0 atom stereocenters. The molecule has 7 nitrogen and oxygen atoms in total. The summed E-state index contributed by atoms with van der Waals surface area (Å²) in [6, 6.07) is 22.6. The number of aromatic nitrogens is 2. The van der Waals surface area contributed by atoms with Gasteiger partial charge in [0.25, 0.3) is 0 Å². The molecule has 0 aliphatic heterocycles. The number of carboxylic acids is 1. The van der Waals surface area contributed by atoms with E-state index in [1.165, 1.54) is 7.11 Å². The average molecular weight is 441 g/mol. The Bertz CT molecular complexity index is 1250. The van der Waals surface area contributed by atoms with Crippen molar-refractivity contribution in [3.63, 3.8) is 0 Å². The van der Waals surface area contributed by atoms with E-state index in [9.17, 15) is 9.90 Å². The summed E-state index contributed by atoms with van der Waals surface area (Å²) < 4.78 is 7.73. The number of oxime groups is 1. The first-order chi connectivity index (χ1) is 16.1. The number of carbonyl (C=O) groups is 1. The fraction of sp³-hybridized carbons (Fsp3) is 0.115. The Morgan fingerprint density at radius 1 is 1.00 bits per heavy atom. The lowest BCUT2D eigenvalue weighted by Crippen LogP contribution is -2.11. The number of carboxylic acid groups (broad SMARTS) is 1. The molecule has 33 heavy (non-hydrogen) atoms. The zero-order chi connectivity index (χ0) is 23.0. The fourth-order valence-corrected chi connectivity index (χ4v) is 3.50. The van der Waals surface area contributed by atoms with E-state index < -0.39 is 5.97 Å². The van der Waals surface area contributed by atoms with E-state index in [0.717, 1.165) is 17.0 Å². The van der Waals surface area contributed by atoms with E-state index in [1.54, 1.807) is 17.0 Å². The van der Waals surface area contributed by atoms with Crippen LogP contribution < -0.4 is 4.74 Å². The van der Waals surface area contributed by atoms with Gasteiger partial charge in [-0.1, -0.05) is 41.6 Å². The minimum Gasteiger partial charge on any atom is -0.478 e. The quantitative estimate of drug-likeness (QED) is 0.291. The van der Waals surface area contributed by atoms with Crippen LogP contribution in [0.25, 0.3) is 0 Å². The molecular formula is C26H23N3O4. The molecule has 0 saturated carbocycles. The lowest BCUT2D eigenvalue weighted by molar-refractivity contribution is 0.0696. The van der Waals surface area contributed by atoms with Gasteiger partial charge in [0.05, 0.1) is 12.1 Å². The summed E-state index contributed by atoms with van der Waals surface area (Å²) in [5.74, 6) is 0.413. The number of nitrogens with zero attached hydrogens (tertiary/aromatic N) is 3. The van der Waals surface area contributed by atoms with Gasteiger partial charge in [-0.3, -0.25) is 4.98 Å². The standard InChI is InChI=1S/C26H23N3O4/c1-32-28-25(19-8-7-12-23(15-19)33-22-10-3-2-4-11-22)18-29-16-20(24(17-29)26(30)31)14-21-9-5-6-13-27-21/h2-13,15-17H,14,18H2,1H3,(H,30,31)/b28-25+. The molecule has 2 aromatic heterocycles. The van der Waals surface area contributed by atoms with Gasteiger partial charge in [-0.05, 0) is 42.0 Å². The Balaban J connectivity index is 1.59. The molecule has 4 rings (SSSR count). The molecule has 0 bridgehead atoms. The van der Waals surface area contributed by atoms with Crippen LogP contribution in [0.15, 0.2) is 96.5 Å². The Morgan fingerprint density at radius 3 is 2.52 bits per heavy atom. The maximum atomic E-state index is 11.8. The average Bonchev–Trinajstić information content (AvgIpc) is 3.23. The zero-order valence-corrected chi connectivity index (χ0v) is 18.1. The number of pyridine rings is 1. The van der Waals surface area contributed by atoms with Crippen molar-refractivity contribution in [3.8, 4) is 11.5 Å². The first-order valence-corrected chi connectivity index (χ1v) is 10.4. The van der Waals surface area contributed by atoms with Gasteiger partial charge in [0.2, 0.25) is 0 Å². The molecule has 2 heterocycles. The normalized spacial score (nSPS) is 11.2. The highest BCUT2D eigenvalue weighted by atomic mass is 16.6. The van der Waals surface area contributed by atoms with E-state index in [1.807, 2.05) is 79.0 Å². The molecule has 1 N–H and O–H groups in total. The van der Waals surface area contributed by atoms with E-state index in [-0.39, 0.29) is 5.56 Å². The number of ether oxygens (including phenoxy) is 1. The molecule has 0 amide bonds. The summed E-state index contributed by atoms with van der Waals surface area (Å²) in [4.78, 5) is 21.2. The second-order valence-corrected chi connectivity index (χ2v) is 7.34. The molecule has 4 aromatic rings. The van der Waals surface area contributed by atoms with E-state index in [0.29, 0.717) is 30.0 Å². The van der Waals surface area contributed by atoms with Gasteiger partial charge in [0.1, 0.15) is 24.3 Å². The lowest BCUT2D eigenvalue weighted by Gasteiger charge is -2.10. The van der Waals surface area contributed by atoms with Crippen molar-refractivity contribution >= 4 is 11.7 Å². The molecule has 0 unspecified atom stereocenters. The summed E-state index contributed by atoms with van der Waals surface area (Å²) in [5, 5.41) is 13.9. The summed E-state index contributed by atoms with van der Waals surface area (Å²) >= 11 is 0. The third kappa shape index (κ3) is 5.65. The molecule has 0 aliphatic rings. The van der Waals surface area contributed by atoms with Crippen molar-refractivity contribution < 1.29 is 19.5 Å². The number of rotatable bonds is 9. The minimum atomic E-state index is -0.983. The smallest absolute Gasteiger partial charge is 0.337 e. The van der Waals surface area contributed by atoms with Crippen LogP contribution in [0.5, 0.6) is 11.5 Å². The molecule has 2 aromatic carbocycles. The Hall–Kier alpha value is -4.39. The van der Waals surface area contributed by atoms with Gasteiger partial charge in [-0.15, -0.1) is 0 Å². The number of aromatic carboxylic acids is 1. The minimum absolute atomic E-state index is 0.235. The number of hydrogen-bond donors (Lipinski definition) is 1. The van der Waals surface area contributed by atoms with Crippen LogP contribution in [-0.4, -0.2) is 33.4 Å². The zero-order valence-electron chi connectivity index (χ0n) is 18.1. The lowest BCUT2D eigenvalue weighted by atomic mass is 10.1. The van der Waals surface area contributed by atoms with E-state index in [2.05, 4.69) is 10.1 Å². The van der Waals surface area contributed by atoms with Crippen molar-refractivity contribution in [1.82, 2.24) is 9.55 Å². The maximum Gasteiger partial charge on any atom is 0.337 e. The van der Waals surface area contributed by atoms with Crippen LogP contribution >= 0.6 is 0 Å². The van der Waals surface area contributed by atoms with Crippen LogP contribution in [0.2, 0.25) is 0 Å². The molecule has 0 spiro atoms. The van der Waals surface area contributed by atoms with Gasteiger partial charge in [-0.25, -0.2) is 4.79 Å². The van der Waals surface area contributed by atoms with Gasteiger partial charge in [-0.2, -0.15) is 0 Å². The topological polar surface area (TPSA) is 85.9 Å². The molecular weight excluding hydrogens is 418 g/mol. The van der Waals surface area contributed by atoms with Crippen LogP contribution in [0.1, 0.15) is 27.2 Å². The van der Waals surface area contributed by atoms with Crippen LogP contribution in [-0.2, 0) is 17.8 Å². The Kier molecular flexibility index (Phi) is 6.80. The van der Waals surface area contributed by atoms with Crippen molar-refractivity contribution in [1.29, 1.82) is 0 Å². The maximum absolute atomic E-state index is 11.8. The number of benzene rings is 2. The Labute approximate surface area is 191 Å². The number of para-hydroxylation sites is 1. The van der Waals surface area contributed by atoms with Crippen molar-refractivity contribution in [2.75, 3.05) is 7.11 Å². The van der Waals surface area contributed by atoms with E-state index >= 15 is 0 Å². The summed E-state index contributed by atoms with van der Waals surface area (Å²) in [6.45, 7) is 0.325. The Morgan fingerprint density at radius 2 is 1.79 bits per heavy atom. The van der Waals surface area contributed by atoms with Gasteiger partial charge in [0.15, 0.2) is 0 Å². The van der Waals surface area contributed by atoms with Crippen LogP contribution in [0.3, 0.4) is 0 Å². The largest absolute Gasteiger partial charge is 0.478 e. The SMILES string of the molecule is CO/N=C(\Cn1cc(Cc2ccccn2)c(C(=O)O)c1)c1cccc(Oc2ccccc2)c1. The second-order valence-electron chi connectivity index (χ2n) is 7.34. The molecule has 0 aliphatic carbocycles. The highest BCUT2D eigenvalue weighted by Gasteiger charge is 2.16. The van der Waals surface area contributed by atoms with E-state index in [4.69, 9.17) is 9.57 Å². The van der Waals surface area contributed by atoms with Crippen molar-refractivity contribution in [2.24, 2.45) is 5.16 Å². The van der Waals surface area contributed by atoms with Gasteiger partial charge < -0.3 is 19.2 Å². The van der Waals surface area contributed by atoms with Crippen LogP contribution in [0, 0.1) is 0 Å². The van der Waals surface area contributed by atoms with Crippen molar-refractivity contribution in [2.45, 2.75) is 13.0 Å². The summed E-state index contributed by atoms with van der Waals surface area (Å²) in [5.41, 5.74) is 3.15.